The molecule has 0 aliphatic heterocycles. The Morgan fingerprint density at radius 2 is 1.78 bits per heavy atom. The normalized spacial score (nSPS) is 11.7. The second kappa shape index (κ2) is 5.33. The lowest BCUT2D eigenvalue weighted by molar-refractivity contribution is 0.115. The number of hydrogen-bond acceptors (Lipinski definition) is 3. The molecule has 0 saturated carbocycles. The maximum atomic E-state index is 9.70. The van der Waals surface area contributed by atoms with E-state index in [-0.39, 0.29) is 13.2 Å². The highest BCUT2D eigenvalue weighted by molar-refractivity contribution is 5.28. The molecule has 1 aromatic carbocycles. The molecule has 0 saturated heterocycles. The Hall–Kier alpha value is -1.65. The van der Waals surface area contributed by atoms with Gasteiger partial charge in [0.15, 0.2) is 0 Å². The molecular weight excluding hydrogens is 228 g/mol. The van der Waals surface area contributed by atoms with E-state index in [0.29, 0.717) is 6.42 Å². The largest absolute Gasteiger partial charge is 0.395 e. The topological polar surface area (TPSA) is 58.3 Å². The van der Waals surface area contributed by atoms with Crippen LogP contribution in [0.15, 0.2) is 42.6 Å². The van der Waals surface area contributed by atoms with Crippen molar-refractivity contribution in [1.29, 1.82) is 0 Å². The number of aryl methyl sites for hydroxylation is 1. The summed E-state index contributed by atoms with van der Waals surface area (Å²) in [6.07, 6.45) is 2.38. The van der Waals surface area contributed by atoms with Crippen LogP contribution in [-0.4, -0.2) is 33.2 Å². The summed E-state index contributed by atoms with van der Waals surface area (Å²) in [4.78, 5) is 0. The zero-order valence-electron chi connectivity index (χ0n) is 10.5. The first-order valence-corrected chi connectivity index (χ1v) is 5.96. The van der Waals surface area contributed by atoms with E-state index in [2.05, 4.69) is 5.10 Å². The Morgan fingerprint density at radius 1 is 1.11 bits per heavy atom. The van der Waals surface area contributed by atoms with E-state index in [1.165, 1.54) is 0 Å². The summed E-state index contributed by atoms with van der Waals surface area (Å²) in [5.41, 5.74) is 1.13. The molecule has 0 fully saturated rings. The van der Waals surface area contributed by atoms with Crippen molar-refractivity contribution < 1.29 is 10.2 Å². The first kappa shape index (κ1) is 12.8. The van der Waals surface area contributed by atoms with Crippen LogP contribution in [0.5, 0.6) is 0 Å². The Morgan fingerprint density at radius 3 is 2.28 bits per heavy atom. The van der Waals surface area contributed by atoms with Crippen molar-refractivity contribution in [2.45, 2.75) is 11.8 Å². The van der Waals surface area contributed by atoms with Gasteiger partial charge >= 0.3 is 0 Å². The summed E-state index contributed by atoms with van der Waals surface area (Å²) in [5, 5.41) is 23.7. The van der Waals surface area contributed by atoms with Gasteiger partial charge in [0.2, 0.25) is 0 Å². The maximum Gasteiger partial charge on any atom is 0.0635 e. The molecule has 0 unspecified atom stereocenters. The Balaban J connectivity index is 2.32. The van der Waals surface area contributed by atoms with Gasteiger partial charge in [-0.1, -0.05) is 30.3 Å². The van der Waals surface area contributed by atoms with Crippen LogP contribution >= 0.6 is 0 Å². The minimum absolute atomic E-state index is 0.107. The van der Waals surface area contributed by atoms with Gasteiger partial charge in [0.05, 0.1) is 18.9 Å². The first-order chi connectivity index (χ1) is 8.70. The van der Waals surface area contributed by atoms with E-state index >= 15 is 0 Å². The van der Waals surface area contributed by atoms with Crippen LogP contribution in [0.4, 0.5) is 0 Å². The third-order valence-corrected chi connectivity index (χ3v) is 3.28. The SMILES string of the molecule is Cn1ccc(CC(CO)(CO)c2ccccc2)n1. The molecule has 2 rings (SSSR count). The van der Waals surface area contributed by atoms with E-state index in [0.717, 1.165) is 11.3 Å². The summed E-state index contributed by atoms with van der Waals surface area (Å²) in [6.45, 7) is -0.214. The zero-order chi connectivity index (χ0) is 13.0. The number of aliphatic hydroxyl groups is 2. The highest BCUT2D eigenvalue weighted by Crippen LogP contribution is 2.27. The quantitative estimate of drug-likeness (QED) is 0.823. The molecule has 0 atom stereocenters. The molecule has 2 N–H and O–H groups in total. The average molecular weight is 246 g/mol. The van der Waals surface area contributed by atoms with Crippen LogP contribution in [0.2, 0.25) is 0 Å². The number of rotatable bonds is 5. The zero-order valence-corrected chi connectivity index (χ0v) is 10.5. The van der Waals surface area contributed by atoms with Crippen LogP contribution in [0.1, 0.15) is 11.3 Å². The van der Waals surface area contributed by atoms with Crippen LogP contribution < -0.4 is 0 Å². The molecular formula is C14H18N2O2. The van der Waals surface area contributed by atoms with Crippen molar-refractivity contribution in [1.82, 2.24) is 9.78 Å². The fraction of sp³-hybridized carbons (Fsp3) is 0.357. The number of aliphatic hydroxyl groups excluding tert-OH is 2. The molecule has 1 heterocycles. The molecule has 1 aromatic heterocycles. The van der Waals surface area contributed by atoms with Crippen LogP contribution in [-0.2, 0) is 18.9 Å². The second-order valence-corrected chi connectivity index (χ2v) is 4.62. The van der Waals surface area contributed by atoms with Crippen molar-refractivity contribution in [2.24, 2.45) is 7.05 Å². The van der Waals surface area contributed by atoms with Gasteiger partial charge in [-0.25, -0.2) is 0 Å². The molecule has 4 nitrogen and oxygen atoms in total. The van der Waals surface area contributed by atoms with E-state index in [9.17, 15) is 10.2 Å². The predicted molar refractivity (Wildman–Crippen MR) is 69.2 cm³/mol. The molecule has 0 spiro atoms. The highest BCUT2D eigenvalue weighted by Gasteiger charge is 2.32. The first-order valence-electron chi connectivity index (χ1n) is 5.96. The van der Waals surface area contributed by atoms with Crippen molar-refractivity contribution in [3.05, 3.63) is 53.9 Å². The highest BCUT2D eigenvalue weighted by atomic mass is 16.3. The Kier molecular flexibility index (Phi) is 3.79. The predicted octanol–water partition coefficient (Wildman–Crippen LogP) is 0.885. The molecule has 0 amide bonds. The van der Waals surface area contributed by atoms with Gasteiger partial charge in [0.25, 0.3) is 0 Å². The molecule has 18 heavy (non-hydrogen) atoms. The summed E-state index contributed by atoms with van der Waals surface area (Å²) in [5.74, 6) is 0. The average Bonchev–Trinajstić information content (AvgIpc) is 2.82. The molecule has 4 heteroatoms. The van der Waals surface area contributed by atoms with Crippen molar-refractivity contribution >= 4 is 0 Å². The summed E-state index contributed by atoms with van der Waals surface area (Å²) in [7, 11) is 1.85. The smallest absolute Gasteiger partial charge is 0.0635 e. The molecule has 0 radical (unpaired) electrons. The minimum atomic E-state index is -0.671. The lowest BCUT2D eigenvalue weighted by Crippen LogP contribution is -2.37. The molecule has 0 aliphatic carbocycles. The molecule has 2 aromatic rings. The van der Waals surface area contributed by atoms with Crippen LogP contribution in [0, 0.1) is 0 Å². The number of nitrogens with zero attached hydrogens (tertiary/aromatic N) is 2. The van der Waals surface area contributed by atoms with Crippen LogP contribution in [0.3, 0.4) is 0 Å². The second-order valence-electron chi connectivity index (χ2n) is 4.62. The van der Waals surface area contributed by atoms with Gasteiger partial charge in [-0.3, -0.25) is 4.68 Å². The maximum absolute atomic E-state index is 9.70. The minimum Gasteiger partial charge on any atom is -0.395 e. The fourth-order valence-corrected chi connectivity index (χ4v) is 2.14. The van der Waals surface area contributed by atoms with Crippen molar-refractivity contribution in [2.75, 3.05) is 13.2 Å². The van der Waals surface area contributed by atoms with Gasteiger partial charge in [-0.15, -0.1) is 0 Å². The summed E-state index contributed by atoms with van der Waals surface area (Å²) < 4.78 is 1.72. The third-order valence-electron chi connectivity index (χ3n) is 3.28. The van der Waals surface area contributed by atoms with Gasteiger partial charge < -0.3 is 10.2 Å². The number of hydrogen-bond donors (Lipinski definition) is 2. The van der Waals surface area contributed by atoms with E-state index < -0.39 is 5.41 Å². The van der Waals surface area contributed by atoms with E-state index in [4.69, 9.17) is 0 Å². The fourth-order valence-electron chi connectivity index (χ4n) is 2.14. The monoisotopic (exact) mass is 246 g/mol. The lowest BCUT2D eigenvalue weighted by atomic mass is 9.78. The number of benzene rings is 1. The summed E-state index contributed by atoms with van der Waals surface area (Å²) >= 11 is 0. The van der Waals surface area contributed by atoms with Crippen molar-refractivity contribution in [3.8, 4) is 0 Å². The Labute approximate surface area is 107 Å². The van der Waals surface area contributed by atoms with Crippen molar-refractivity contribution in [3.63, 3.8) is 0 Å². The van der Waals surface area contributed by atoms with Gasteiger partial charge in [0, 0.05) is 25.1 Å². The van der Waals surface area contributed by atoms with E-state index in [1.807, 2.05) is 49.6 Å². The van der Waals surface area contributed by atoms with E-state index in [1.54, 1.807) is 4.68 Å². The third kappa shape index (κ3) is 2.44. The number of aromatic nitrogens is 2. The Bertz CT molecular complexity index is 490. The standard InChI is InChI=1S/C14H18N2O2/c1-16-8-7-13(15-16)9-14(10-17,11-18)12-5-3-2-4-6-12/h2-8,17-18H,9-11H2,1H3. The van der Waals surface area contributed by atoms with Gasteiger partial charge in [-0.2, -0.15) is 5.10 Å². The van der Waals surface area contributed by atoms with Gasteiger partial charge in [-0.05, 0) is 11.6 Å². The molecule has 0 bridgehead atoms. The lowest BCUT2D eigenvalue weighted by Gasteiger charge is -2.29. The van der Waals surface area contributed by atoms with Gasteiger partial charge in [0.1, 0.15) is 0 Å². The summed E-state index contributed by atoms with van der Waals surface area (Å²) in [6, 6.07) is 11.5. The molecule has 0 aliphatic rings. The van der Waals surface area contributed by atoms with Crippen LogP contribution in [0.25, 0.3) is 0 Å². The molecule has 96 valence electrons.